The van der Waals surface area contributed by atoms with Gasteiger partial charge in [0.1, 0.15) is 24.4 Å². The molecule has 16 heteroatoms. The maximum Gasteiger partial charge on any atom is 0.514 e. The van der Waals surface area contributed by atoms with Gasteiger partial charge in [-0.15, -0.1) is 0 Å². The number of urea groups is 1. The van der Waals surface area contributed by atoms with Crippen molar-refractivity contribution in [3.05, 3.63) is 66.2 Å². The number of hydrogen-bond donors (Lipinski definition) is 6. The largest absolute Gasteiger partial charge is 0.514 e. The van der Waals surface area contributed by atoms with E-state index in [4.69, 9.17) is 20.9 Å². The van der Waals surface area contributed by atoms with Crippen molar-refractivity contribution in [2.75, 3.05) is 24.1 Å². The molecular weight excluding hydrogens is 662 g/mol. The van der Waals surface area contributed by atoms with Crippen LogP contribution in [0.3, 0.4) is 0 Å². The van der Waals surface area contributed by atoms with Gasteiger partial charge in [-0.3, -0.25) is 28.9 Å². The SMILES string of the molecule is CC(C)C(NC(=O)CCCCCN1C(=O)C=CC1=O)C(=O)N[C@H](CCCNC(N)=O)C(=O)Nc1ccc(COC(=O)Oc2ccc(N)cc2)cc1. The van der Waals surface area contributed by atoms with Crippen LogP contribution in [-0.4, -0.2) is 71.8 Å². The van der Waals surface area contributed by atoms with Crippen LogP contribution < -0.4 is 37.5 Å². The zero-order valence-electron chi connectivity index (χ0n) is 28.6. The Kier molecular flexibility index (Phi) is 15.4. The van der Waals surface area contributed by atoms with E-state index in [1.165, 1.54) is 24.3 Å². The molecule has 274 valence electrons. The normalized spacial score (nSPS) is 13.4. The Bertz CT molecular complexity index is 1560. The topological polar surface area (TPSA) is 241 Å². The molecule has 1 unspecified atom stereocenters. The van der Waals surface area contributed by atoms with Crippen molar-refractivity contribution in [2.24, 2.45) is 11.7 Å². The maximum atomic E-state index is 13.4. The van der Waals surface area contributed by atoms with Crippen LogP contribution in [0.25, 0.3) is 0 Å². The van der Waals surface area contributed by atoms with Gasteiger partial charge in [-0.1, -0.05) is 32.4 Å². The second-order valence-electron chi connectivity index (χ2n) is 12.2. The van der Waals surface area contributed by atoms with Crippen LogP contribution in [0, 0.1) is 5.92 Å². The highest BCUT2D eigenvalue weighted by Gasteiger charge is 2.29. The summed E-state index contributed by atoms with van der Waals surface area (Å²) in [7, 11) is 0. The van der Waals surface area contributed by atoms with Crippen molar-refractivity contribution in [1.82, 2.24) is 20.9 Å². The minimum atomic E-state index is -1.03. The van der Waals surface area contributed by atoms with E-state index in [1.54, 1.807) is 50.2 Å². The number of unbranched alkanes of at least 4 members (excludes halogenated alkanes) is 2. The van der Waals surface area contributed by atoms with Crippen molar-refractivity contribution in [3.8, 4) is 5.75 Å². The van der Waals surface area contributed by atoms with Crippen molar-refractivity contribution in [3.63, 3.8) is 0 Å². The first-order valence-corrected chi connectivity index (χ1v) is 16.6. The number of carbonyl (C=O) groups excluding carboxylic acids is 7. The molecule has 0 aromatic heterocycles. The third-order valence-electron chi connectivity index (χ3n) is 7.71. The molecule has 3 rings (SSSR count). The molecular formula is C35H45N7O9. The van der Waals surface area contributed by atoms with Crippen LogP contribution in [0.2, 0.25) is 0 Å². The number of nitrogens with zero attached hydrogens (tertiary/aromatic N) is 1. The lowest BCUT2D eigenvalue weighted by Crippen LogP contribution is -2.54. The van der Waals surface area contributed by atoms with E-state index in [9.17, 15) is 33.6 Å². The molecule has 0 fully saturated rings. The number of amides is 7. The third kappa shape index (κ3) is 13.8. The molecule has 0 radical (unpaired) electrons. The molecule has 7 amide bonds. The van der Waals surface area contributed by atoms with Gasteiger partial charge in [-0.2, -0.15) is 0 Å². The van der Waals surface area contributed by atoms with Gasteiger partial charge in [0.25, 0.3) is 11.8 Å². The van der Waals surface area contributed by atoms with Gasteiger partial charge in [-0.25, -0.2) is 9.59 Å². The quantitative estimate of drug-likeness (QED) is 0.0410. The third-order valence-corrected chi connectivity index (χ3v) is 7.71. The van der Waals surface area contributed by atoms with Crippen molar-refractivity contribution >= 4 is 53.1 Å². The summed E-state index contributed by atoms with van der Waals surface area (Å²) in [4.78, 5) is 87.1. The number of nitrogen functional groups attached to an aromatic ring is 1. The van der Waals surface area contributed by atoms with Gasteiger partial charge in [0.2, 0.25) is 17.7 Å². The first-order valence-electron chi connectivity index (χ1n) is 16.6. The Labute approximate surface area is 295 Å². The fourth-order valence-corrected chi connectivity index (χ4v) is 4.93. The van der Waals surface area contributed by atoms with Gasteiger partial charge in [0.15, 0.2) is 0 Å². The van der Waals surface area contributed by atoms with E-state index in [0.29, 0.717) is 42.6 Å². The minimum absolute atomic E-state index is 0.0891. The van der Waals surface area contributed by atoms with E-state index in [1.807, 2.05) is 0 Å². The van der Waals surface area contributed by atoms with Crippen LogP contribution in [0.4, 0.5) is 21.0 Å². The van der Waals surface area contributed by atoms with Crippen LogP contribution >= 0.6 is 0 Å². The molecule has 0 aliphatic carbocycles. The molecule has 2 aromatic rings. The van der Waals surface area contributed by atoms with E-state index < -0.39 is 36.1 Å². The Hall–Kier alpha value is -5.93. The Balaban J connectivity index is 1.52. The molecule has 2 aromatic carbocycles. The Morgan fingerprint density at radius 2 is 1.49 bits per heavy atom. The van der Waals surface area contributed by atoms with Crippen LogP contribution in [0.5, 0.6) is 5.75 Å². The highest BCUT2D eigenvalue weighted by atomic mass is 16.7. The average molecular weight is 708 g/mol. The van der Waals surface area contributed by atoms with E-state index >= 15 is 0 Å². The summed E-state index contributed by atoms with van der Waals surface area (Å²) in [6.45, 7) is 3.87. The number of nitrogens with two attached hydrogens (primary N) is 2. The number of imide groups is 1. The summed E-state index contributed by atoms with van der Waals surface area (Å²) in [5.41, 5.74) is 12.3. The lowest BCUT2D eigenvalue weighted by Gasteiger charge is -2.25. The molecule has 0 saturated carbocycles. The summed E-state index contributed by atoms with van der Waals surface area (Å²) in [6, 6.07) is 10.0. The van der Waals surface area contributed by atoms with Crippen LogP contribution in [-0.2, 0) is 35.3 Å². The molecule has 0 bridgehead atoms. The van der Waals surface area contributed by atoms with Crippen molar-refractivity contribution in [1.29, 1.82) is 0 Å². The first kappa shape index (κ1) is 39.5. The number of benzene rings is 2. The average Bonchev–Trinajstić information content (AvgIpc) is 3.41. The number of rotatable bonds is 19. The standard InChI is InChI=1S/C35H45N7O9/c1-22(2)31(41-28(43)8-4-3-5-20-42-29(44)17-18-30(42)45)33(47)40-27(7-6-19-38-34(37)48)32(46)39-25-13-9-23(10-14-25)21-50-35(49)51-26-15-11-24(36)12-16-26/h9-18,22,27,31H,3-8,19-21,36H2,1-2H3,(H,39,46)(H,40,47)(H,41,43)(H3,37,38,48)/t27-,31?/m1/s1. The van der Waals surface area contributed by atoms with Crippen molar-refractivity contribution in [2.45, 2.75) is 71.1 Å². The lowest BCUT2D eigenvalue weighted by molar-refractivity contribution is -0.137. The molecule has 1 aliphatic rings. The van der Waals surface area contributed by atoms with Gasteiger partial charge >= 0.3 is 12.2 Å². The molecule has 2 atom stereocenters. The minimum Gasteiger partial charge on any atom is -0.429 e. The second kappa shape index (κ2) is 19.9. The van der Waals surface area contributed by atoms with Crippen LogP contribution in [0.1, 0.15) is 57.9 Å². The smallest absolute Gasteiger partial charge is 0.429 e. The monoisotopic (exact) mass is 707 g/mol. The van der Waals surface area contributed by atoms with E-state index in [0.717, 1.165) is 4.90 Å². The molecule has 0 spiro atoms. The number of nitrogens with one attached hydrogen (secondary N) is 4. The fourth-order valence-electron chi connectivity index (χ4n) is 4.93. The number of ether oxygens (including phenoxy) is 2. The van der Waals surface area contributed by atoms with Gasteiger partial charge in [0, 0.05) is 43.0 Å². The molecule has 51 heavy (non-hydrogen) atoms. The summed E-state index contributed by atoms with van der Waals surface area (Å²) < 4.78 is 10.2. The predicted molar refractivity (Wildman–Crippen MR) is 187 cm³/mol. The molecule has 1 aliphatic heterocycles. The number of carbonyl (C=O) groups is 7. The summed E-state index contributed by atoms with van der Waals surface area (Å²) in [5, 5.41) is 10.7. The van der Waals surface area contributed by atoms with E-state index in [2.05, 4.69) is 21.3 Å². The molecule has 0 saturated heterocycles. The molecule has 1 heterocycles. The fraction of sp³-hybridized carbons (Fsp3) is 0.400. The zero-order valence-corrected chi connectivity index (χ0v) is 28.6. The number of primary amides is 1. The Morgan fingerprint density at radius 3 is 2.12 bits per heavy atom. The van der Waals surface area contributed by atoms with E-state index in [-0.39, 0.29) is 61.9 Å². The van der Waals surface area contributed by atoms with Gasteiger partial charge in [0.05, 0.1) is 0 Å². The van der Waals surface area contributed by atoms with Gasteiger partial charge < -0.3 is 42.2 Å². The highest BCUT2D eigenvalue weighted by molar-refractivity contribution is 6.12. The van der Waals surface area contributed by atoms with Crippen molar-refractivity contribution < 1.29 is 43.0 Å². The number of anilines is 2. The summed E-state index contributed by atoms with van der Waals surface area (Å²) in [5.74, 6) is -2.18. The first-order chi connectivity index (χ1) is 24.3. The number of hydrogen-bond acceptors (Lipinski definition) is 10. The Morgan fingerprint density at radius 1 is 0.824 bits per heavy atom. The van der Waals surface area contributed by atoms with Crippen LogP contribution in [0.15, 0.2) is 60.7 Å². The second-order valence-corrected chi connectivity index (χ2v) is 12.2. The highest BCUT2D eigenvalue weighted by Crippen LogP contribution is 2.16. The molecule has 16 nitrogen and oxygen atoms in total. The zero-order chi connectivity index (χ0) is 37.3. The maximum absolute atomic E-state index is 13.4. The summed E-state index contributed by atoms with van der Waals surface area (Å²) >= 11 is 0. The predicted octanol–water partition coefficient (Wildman–Crippen LogP) is 2.48. The molecule has 8 N–H and O–H groups in total. The summed E-state index contributed by atoms with van der Waals surface area (Å²) in [6.07, 6.45) is 3.75. The van der Waals surface area contributed by atoms with Gasteiger partial charge in [-0.05, 0) is 73.6 Å². The lowest BCUT2D eigenvalue weighted by atomic mass is 10.0.